The van der Waals surface area contributed by atoms with Gasteiger partial charge in [0, 0.05) is 6.54 Å². The Bertz CT molecular complexity index is 620. The van der Waals surface area contributed by atoms with Gasteiger partial charge < -0.3 is 10.2 Å². The highest BCUT2D eigenvalue weighted by atomic mass is 32.2. The fraction of sp³-hybridized carbons (Fsp3) is 0.231. The lowest BCUT2D eigenvalue weighted by molar-refractivity contribution is 0.413. The molecule has 3 N–H and O–H groups in total. The quantitative estimate of drug-likeness (QED) is 0.834. The minimum absolute atomic E-state index is 0.0963. The van der Waals surface area contributed by atoms with E-state index in [0.717, 1.165) is 5.56 Å². The van der Waals surface area contributed by atoms with Gasteiger partial charge in [-0.25, -0.2) is 13.1 Å². The maximum atomic E-state index is 11.9. The van der Waals surface area contributed by atoms with Crippen LogP contribution < -0.4 is 10.5 Å². The molecule has 0 bridgehead atoms. The van der Waals surface area contributed by atoms with E-state index in [0.29, 0.717) is 18.7 Å². The second-order valence-electron chi connectivity index (χ2n) is 4.06. The fourth-order valence-electron chi connectivity index (χ4n) is 1.66. The third-order valence-electron chi connectivity index (χ3n) is 2.65. The van der Waals surface area contributed by atoms with Gasteiger partial charge in [-0.3, -0.25) is 0 Å². The summed E-state index contributed by atoms with van der Waals surface area (Å²) in [4.78, 5) is 0. The lowest BCUT2D eigenvalue weighted by atomic mass is 10.2. The Balaban J connectivity index is 1.94. The molecular weight excluding hydrogens is 264 g/mol. The van der Waals surface area contributed by atoms with Gasteiger partial charge in [0.05, 0.1) is 6.54 Å². The van der Waals surface area contributed by atoms with Crippen LogP contribution in [0.4, 0.5) is 0 Å². The highest BCUT2D eigenvalue weighted by Gasteiger charge is 2.17. The molecule has 5 nitrogen and oxygen atoms in total. The van der Waals surface area contributed by atoms with Crippen molar-refractivity contribution in [3.8, 4) is 0 Å². The number of nitrogens with one attached hydrogen (secondary N) is 1. The largest absolute Gasteiger partial charge is 0.447 e. The highest BCUT2D eigenvalue weighted by Crippen LogP contribution is 2.13. The van der Waals surface area contributed by atoms with Gasteiger partial charge in [0.25, 0.3) is 10.0 Å². The van der Waals surface area contributed by atoms with E-state index in [1.165, 1.54) is 6.07 Å². The summed E-state index contributed by atoms with van der Waals surface area (Å²) in [6, 6.07) is 12.6. The monoisotopic (exact) mass is 280 g/mol. The Kier molecular flexibility index (Phi) is 4.36. The van der Waals surface area contributed by atoms with Crippen molar-refractivity contribution >= 4 is 10.0 Å². The van der Waals surface area contributed by atoms with E-state index >= 15 is 0 Å². The Labute approximate surface area is 112 Å². The van der Waals surface area contributed by atoms with Crippen molar-refractivity contribution in [1.29, 1.82) is 0 Å². The van der Waals surface area contributed by atoms with Crippen molar-refractivity contribution in [2.75, 3.05) is 6.54 Å². The van der Waals surface area contributed by atoms with Gasteiger partial charge in [-0.05, 0) is 24.1 Å². The van der Waals surface area contributed by atoms with Crippen molar-refractivity contribution in [1.82, 2.24) is 4.72 Å². The number of rotatable bonds is 6. The van der Waals surface area contributed by atoms with Gasteiger partial charge in [0.1, 0.15) is 5.76 Å². The third-order valence-corrected chi connectivity index (χ3v) is 3.98. The van der Waals surface area contributed by atoms with Crippen LogP contribution in [0.25, 0.3) is 0 Å². The molecule has 0 fully saturated rings. The predicted octanol–water partition coefficient (Wildman–Crippen LogP) is 1.26. The van der Waals surface area contributed by atoms with Crippen LogP contribution in [-0.2, 0) is 23.0 Å². The topological polar surface area (TPSA) is 85.3 Å². The lowest BCUT2D eigenvalue weighted by Gasteiger charge is -2.04. The molecule has 0 spiro atoms. The first-order valence-electron chi connectivity index (χ1n) is 5.94. The molecular formula is C13H16N2O3S. The van der Waals surface area contributed by atoms with Crippen molar-refractivity contribution < 1.29 is 12.8 Å². The number of hydrogen-bond donors (Lipinski definition) is 2. The summed E-state index contributed by atoms with van der Waals surface area (Å²) < 4.78 is 31.4. The number of benzene rings is 1. The second kappa shape index (κ2) is 6.01. The molecule has 0 aliphatic heterocycles. The standard InChI is InChI=1S/C13H16N2O3S/c14-10-12-6-7-13(18-12)19(16,17)15-9-8-11-4-2-1-3-5-11/h1-7,15H,8-10,14H2. The van der Waals surface area contributed by atoms with Crippen LogP contribution in [0, 0.1) is 0 Å². The molecule has 0 saturated heterocycles. The molecule has 1 aromatic carbocycles. The van der Waals surface area contributed by atoms with Gasteiger partial charge in [0.15, 0.2) is 0 Å². The number of nitrogens with two attached hydrogens (primary N) is 1. The summed E-state index contributed by atoms with van der Waals surface area (Å²) in [6.45, 7) is 0.505. The average molecular weight is 280 g/mol. The smallest absolute Gasteiger partial charge is 0.273 e. The van der Waals surface area contributed by atoms with Gasteiger partial charge in [-0.15, -0.1) is 0 Å². The first-order chi connectivity index (χ1) is 9.12. The number of sulfonamides is 1. The van der Waals surface area contributed by atoms with E-state index in [9.17, 15) is 8.42 Å². The number of furan rings is 1. The van der Waals surface area contributed by atoms with Gasteiger partial charge in [0.2, 0.25) is 5.09 Å². The van der Waals surface area contributed by atoms with Crippen molar-refractivity contribution in [3.63, 3.8) is 0 Å². The molecule has 6 heteroatoms. The molecule has 0 saturated carbocycles. The molecule has 19 heavy (non-hydrogen) atoms. The van der Waals surface area contributed by atoms with Crippen LogP contribution in [0.3, 0.4) is 0 Å². The Hall–Kier alpha value is -1.63. The molecule has 0 amide bonds. The van der Waals surface area contributed by atoms with E-state index < -0.39 is 10.0 Å². The SMILES string of the molecule is NCc1ccc(S(=O)(=O)NCCc2ccccc2)o1. The van der Waals surface area contributed by atoms with E-state index in [-0.39, 0.29) is 11.6 Å². The van der Waals surface area contributed by atoms with E-state index in [4.69, 9.17) is 10.2 Å². The first kappa shape index (κ1) is 13.8. The van der Waals surface area contributed by atoms with Crippen LogP contribution in [0.2, 0.25) is 0 Å². The van der Waals surface area contributed by atoms with Crippen molar-refractivity contribution in [2.45, 2.75) is 18.1 Å². The average Bonchev–Trinajstić information content (AvgIpc) is 2.89. The minimum Gasteiger partial charge on any atom is -0.447 e. The summed E-state index contributed by atoms with van der Waals surface area (Å²) in [6.07, 6.45) is 0.629. The van der Waals surface area contributed by atoms with Gasteiger partial charge in [-0.1, -0.05) is 30.3 Å². The highest BCUT2D eigenvalue weighted by molar-refractivity contribution is 7.89. The van der Waals surface area contributed by atoms with E-state index in [1.807, 2.05) is 30.3 Å². The zero-order valence-corrected chi connectivity index (χ0v) is 11.2. The maximum absolute atomic E-state index is 11.9. The predicted molar refractivity (Wildman–Crippen MR) is 71.9 cm³/mol. The summed E-state index contributed by atoms with van der Waals surface area (Å²) in [5.41, 5.74) is 6.45. The normalized spacial score (nSPS) is 11.6. The summed E-state index contributed by atoms with van der Waals surface area (Å²) in [5, 5.41) is -0.0963. The molecule has 0 atom stereocenters. The third kappa shape index (κ3) is 3.66. The van der Waals surface area contributed by atoms with E-state index in [1.54, 1.807) is 6.07 Å². The Morgan fingerprint density at radius 3 is 2.47 bits per heavy atom. The number of hydrogen-bond acceptors (Lipinski definition) is 4. The van der Waals surface area contributed by atoms with Crippen molar-refractivity contribution in [3.05, 3.63) is 53.8 Å². The molecule has 2 aromatic rings. The van der Waals surface area contributed by atoms with Crippen LogP contribution in [0.15, 0.2) is 52.0 Å². The molecule has 0 aliphatic carbocycles. The molecule has 0 aliphatic rings. The fourth-order valence-corrected chi connectivity index (χ4v) is 2.63. The Morgan fingerprint density at radius 1 is 1.11 bits per heavy atom. The van der Waals surface area contributed by atoms with Gasteiger partial charge >= 0.3 is 0 Å². The molecule has 102 valence electrons. The lowest BCUT2D eigenvalue weighted by Crippen LogP contribution is -2.25. The molecule has 1 heterocycles. The first-order valence-corrected chi connectivity index (χ1v) is 7.42. The summed E-state index contributed by atoms with van der Waals surface area (Å²) >= 11 is 0. The summed E-state index contributed by atoms with van der Waals surface area (Å²) in [7, 11) is -3.59. The van der Waals surface area contributed by atoms with Gasteiger partial charge in [-0.2, -0.15) is 0 Å². The molecule has 0 unspecified atom stereocenters. The molecule has 0 radical (unpaired) electrons. The minimum atomic E-state index is -3.59. The Morgan fingerprint density at radius 2 is 1.84 bits per heavy atom. The zero-order chi connectivity index (χ0) is 13.7. The molecule has 2 rings (SSSR count). The van der Waals surface area contributed by atoms with E-state index in [2.05, 4.69) is 4.72 Å². The second-order valence-corrected chi connectivity index (χ2v) is 5.76. The van der Waals surface area contributed by atoms with Crippen molar-refractivity contribution in [2.24, 2.45) is 5.73 Å². The molecule has 1 aromatic heterocycles. The van der Waals surface area contributed by atoms with Crippen LogP contribution in [0.1, 0.15) is 11.3 Å². The summed E-state index contributed by atoms with van der Waals surface area (Å²) in [5.74, 6) is 0.448. The van der Waals surface area contributed by atoms with Crippen LogP contribution in [-0.4, -0.2) is 15.0 Å². The maximum Gasteiger partial charge on any atom is 0.273 e. The van der Waals surface area contributed by atoms with Crippen LogP contribution >= 0.6 is 0 Å². The zero-order valence-electron chi connectivity index (χ0n) is 10.4. The van der Waals surface area contributed by atoms with Crippen LogP contribution in [0.5, 0.6) is 0 Å².